The summed E-state index contributed by atoms with van der Waals surface area (Å²) in [5, 5.41) is 6.41. The molecule has 0 saturated carbocycles. The molecule has 1 heterocycles. The van der Waals surface area contributed by atoms with E-state index < -0.39 is 0 Å². The standard InChI is InChI=1S/C24H32N4O2/c1-14(2)21(16-7-9-17(10-8-16)24(4,5)6)25-15(3)22(29)26-18-11-12-19-20(13-18)28-23(30)27-19/h7-15,21,25H,1-6H3,(H,26,29)(H2,27,28,30)/t15-,21-/m0/s1. The van der Waals surface area contributed by atoms with Crippen LogP contribution in [0.25, 0.3) is 11.0 Å². The van der Waals surface area contributed by atoms with E-state index in [1.165, 1.54) is 11.1 Å². The number of nitrogens with one attached hydrogen (secondary N) is 4. The predicted octanol–water partition coefficient (Wildman–Crippen LogP) is 4.47. The van der Waals surface area contributed by atoms with E-state index in [1.54, 1.807) is 18.2 Å². The maximum atomic E-state index is 12.8. The van der Waals surface area contributed by atoms with Crippen molar-refractivity contribution >= 4 is 22.6 Å². The first-order chi connectivity index (χ1) is 14.0. The quantitative estimate of drug-likeness (QED) is 0.485. The van der Waals surface area contributed by atoms with Gasteiger partial charge in [-0.05, 0) is 47.6 Å². The second-order valence-electron chi connectivity index (χ2n) is 9.31. The first-order valence-corrected chi connectivity index (χ1v) is 10.4. The first-order valence-electron chi connectivity index (χ1n) is 10.4. The largest absolute Gasteiger partial charge is 0.325 e. The Hall–Kier alpha value is -2.86. The van der Waals surface area contributed by atoms with Crippen LogP contribution in [0.5, 0.6) is 0 Å². The van der Waals surface area contributed by atoms with Crippen LogP contribution in [0.3, 0.4) is 0 Å². The second-order valence-corrected chi connectivity index (χ2v) is 9.31. The number of rotatable bonds is 6. The molecule has 0 aliphatic carbocycles. The van der Waals surface area contributed by atoms with Crippen LogP contribution in [0, 0.1) is 5.92 Å². The Labute approximate surface area is 177 Å². The Bertz CT molecular complexity index is 1070. The fourth-order valence-electron chi connectivity index (χ4n) is 3.57. The minimum absolute atomic E-state index is 0.0586. The average Bonchev–Trinajstić information content (AvgIpc) is 3.04. The highest BCUT2D eigenvalue weighted by molar-refractivity contribution is 5.96. The first kappa shape index (κ1) is 21.8. The van der Waals surface area contributed by atoms with E-state index in [2.05, 4.69) is 79.5 Å². The third kappa shape index (κ3) is 5.00. The van der Waals surface area contributed by atoms with Crippen LogP contribution in [0.15, 0.2) is 47.3 Å². The van der Waals surface area contributed by atoms with Crippen LogP contribution >= 0.6 is 0 Å². The zero-order valence-corrected chi connectivity index (χ0v) is 18.6. The van der Waals surface area contributed by atoms with E-state index in [-0.39, 0.29) is 29.1 Å². The minimum atomic E-state index is -0.388. The summed E-state index contributed by atoms with van der Waals surface area (Å²) in [6.45, 7) is 12.8. The molecule has 0 aliphatic heterocycles. The Morgan fingerprint density at radius 3 is 2.17 bits per heavy atom. The van der Waals surface area contributed by atoms with Crippen LogP contribution in [0.4, 0.5) is 5.69 Å². The molecule has 6 heteroatoms. The molecule has 0 aliphatic rings. The second kappa shape index (κ2) is 8.48. The summed E-state index contributed by atoms with van der Waals surface area (Å²) >= 11 is 0. The number of H-pyrrole nitrogens is 2. The zero-order valence-electron chi connectivity index (χ0n) is 18.6. The molecule has 0 bridgehead atoms. The summed E-state index contributed by atoms with van der Waals surface area (Å²) in [5.41, 5.74) is 4.33. The third-order valence-electron chi connectivity index (χ3n) is 5.41. The van der Waals surface area contributed by atoms with Crippen molar-refractivity contribution in [2.24, 2.45) is 5.92 Å². The molecule has 160 valence electrons. The number of benzene rings is 2. The molecule has 0 saturated heterocycles. The fraction of sp³-hybridized carbons (Fsp3) is 0.417. The number of hydrogen-bond acceptors (Lipinski definition) is 3. The number of imidazole rings is 1. The van der Waals surface area contributed by atoms with E-state index in [0.29, 0.717) is 22.6 Å². The molecule has 2 aromatic carbocycles. The van der Waals surface area contributed by atoms with Gasteiger partial charge in [0.1, 0.15) is 0 Å². The number of carbonyl (C=O) groups is 1. The molecular weight excluding hydrogens is 376 g/mol. The highest BCUT2D eigenvalue weighted by atomic mass is 16.2. The van der Waals surface area contributed by atoms with E-state index >= 15 is 0 Å². The molecule has 0 spiro atoms. The van der Waals surface area contributed by atoms with E-state index in [9.17, 15) is 9.59 Å². The molecule has 3 aromatic rings. The van der Waals surface area contributed by atoms with Gasteiger partial charge in [0.05, 0.1) is 17.1 Å². The number of anilines is 1. The highest BCUT2D eigenvalue weighted by Gasteiger charge is 2.23. The van der Waals surface area contributed by atoms with Crippen molar-refractivity contribution in [3.8, 4) is 0 Å². The van der Waals surface area contributed by atoms with Crippen LogP contribution in [0.2, 0.25) is 0 Å². The zero-order chi connectivity index (χ0) is 22.1. The van der Waals surface area contributed by atoms with Gasteiger partial charge in [-0.3, -0.25) is 10.1 Å². The van der Waals surface area contributed by atoms with Crippen molar-refractivity contribution in [1.29, 1.82) is 0 Å². The molecule has 1 aromatic heterocycles. The predicted molar refractivity (Wildman–Crippen MR) is 123 cm³/mol. The lowest BCUT2D eigenvalue weighted by atomic mass is 9.85. The topological polar surface area (TPSA) is 89.8 Å². The number of aromatic amines is 2. The van der Waals surface area contributed by atoms with Gasteiger partial charge in [0.15, 0.2) is 0 Å². The summed E-state index contributed by atoms with van der Waals surface area (Å²) in [4.78, 5) is 29.6. The fourth-order valence-corrected chi connectivity index (χ4v) is 3.57. The van der Waals surface area contributed by atoms with Gasteiger partial charge in [0, 0.05) is 11.7 Å². The van der Waals surface area contributed by atoms with Gasteiger partial charge < -0.3 is 15.3 Å². The molecule has 6 nitrogen and oxygen atoms in total. The number of hydrogen-bond donors (Lipinski definition) is 4. The van der Waals surface area contributed by atoms with Gasteiger partial charge in [-0.1, -0.05) is 58.9 Å². The molecule has 4 N–H and O–H groups in total. The van der Waals surface area contributed by atoms with Crippen molar-refractivity contribution in [2.45, 2.75) is 59.0 Å². The van der Waals surface area contributed by atoms with Crippen LogP contribution in [0.1, 0.15) is 58.7 Å². The summed E-state index contributed by atoms with van der Waals surface area (Å²) < 4.78 is 0. The molecule has 2 atom stereocenters. The van der Waals surface area contributed by atoms with Crippen molar-refractivity contribution in [2.75, 3.05) is 5.32 Å². The third-order valence-corrected chi connectivity index (χ3v) is 5.41. The van der Waals surface area contributed by atoms with Crippen molar-refractivity contribution in [3.63, 3.8) is 0 Å². The van der Waals surface area contributed by atoms with Gasteiger partial charge in [-0.25, -0.2) is 4.79 Å². The van der Waals surface area contributed by atoms with E-state index in [1.807, 2.05) is 6.92 Å². The molecular formula is C24H32N4O2. The van der Waals surface area contributed by atoms with Gasteiger partial charge >= 0.3 is 5.69 Å². The summed E-state index contributed by atoms with van der Waals surface area (Å²) in [6, 6.07) is 13.6. The smallest absolute Gasteiger partial charge is 0.323 e. The summed E-state index contributed by atoms with van der Waals surface area (Å²) in [6.07, 6.45) is 0. The SMILES string of the molecule is CC(C)[C@H](N[C@@H](C)C(=O)Nc1ccc2[nH]c(=O)[nH]c2c1)c1ccc(C(C)(C)C)cc1. The molecule has 0 radical (unpaired) electrons. The molecule has 0 unspecified atom stereocenters. The van der Waals surface area contributed by atoms with Gasteiger partial charge in [-0.2, -0.15) is 0 Å². The lowest BCUT2D eigenvalue weighted by Crippen LogP contribution is -2.41. The lowest BCUT2D eigenvalue weighted by Gasteiger charge is -2.27. The molecule has 1 amide bonds. The van der Waals surface area contributed by atoms with Crippen LogP contribution in [-0.2, 0) is 10.2 Å². The summed E-state index contributed by atoms with van der Waals surface area (Å²) in [7, 11) is 0. The number of amides is 1. The van der Waals surface area contributed by atoms with Crippen molar-refractivity contribution in [3.05, 3.63) is 64.1 Å². The van der Waals surface area contributed by atoms with E-state index in [0.717, 1.165) is 0 Å². The minimum Gasteiger partial charge on any atom is -0.325 e. The molecule has 3 rings (SSSR count). The average molecular weight is 409 g/mol. The monoisotopic (exact) mass is 408 g/mol. The number of fused-ring (bicyclic) bond motifs is 1. The maximum absolute atomic E-state index is 12.8. The number of carbonyl (C=O) groups excluding carboxylic acids is 1. The van der Waals surface area contributed by atoms with Gasteiger partial charge in [0.25, 0.3) is 0 Å². The van der Waals surface area contributed by atoms with Crippen LogP contribution < -0.4 is 16.3 Å². The number of aromatic nitrogens is 2. The van der Waals surface area contributed by atoms with Crippen molar-refractivity contribution in [1.82, 2.24) is 15.3 Å². The normalized spacial score (nSPS) is 14.1. The van der Waals surface area contributed by atoms with Crippen molar-refractivity contribution < 1.29 is 4.79 Å². The Morgan fingerprint density at radius 1 is 0.933 bits per heavy atom. The molecule has 0 fully saturated rings. The molecule has 30 heavy (non-hydrogen) atoms. The maximum Gasteiger partial charge on any atom is 0.323 e. The van der Waals surface area contributed by atoms with Gasteiger partial charge in [0.2, 0.25) is 5.91 Å². The van der Waals surface area contributed by atoms with Gasteiger partial charge in [-0.15, -0.1) is 0 Å². The highest BCUT2D eigenvalue weighted by Crippen LogP contribution is 2.27. The van der Waals surface area contributed by atoms with Crippen LogP contribution in [-0.4, -0.2) is 21.9 Å². The van der Waals surface area contributed by atoms with E-state index in [4.69, 9.17) is 0 Å². The lowest BCUT2D eigenvalue weighted by molar-refractivity contribution is -0.118. The Balaban J connectivity index is 1.71. The summed E-state index contributed by atoms with van der Waals surface area (Å²) in [5.74, 6) is 0.200. The Kier molecular flexibility index (Phi) is 6.17. The Morgan fingerprint density at radius 2 is 1.57 bits per heavy atom.